The van der Waals surface area contributed by atoms with Crippen LogP contribution >= 0.6 is 0 Å². The van der Waals surface area contributed by atoms with Crippen molar-refractivity contribution < 1.29 is 19.8 Å². The molecule has 0 aromatic heterocycles. The molecule has 0 heterocycles. The lowest BCUT2D eigenvalue weighted by Crippen LogP contribution is -2.42. The molecule has 0 bridgehead atoms. The number of hydrogen-bond acceptors (Lipinski definition) is 2. The molecule has 0 fully saturated rings. The SMILES string of the molecule is CC1=CC(C)(C)[C@@H](C(=O)O)[C@H](C(=O)O)C1. The number of hydrogen-bond donors (Lipinski definition) is 2. The van der Waals surface area contributed by atoms with Crippen molar-refractivity contribution >= 4 is 11.9 Å². The summed E-state index contributed by atoms with van der Waals surface area (Å²) < 4.78 is 0. The first-order valence-corrected chi connectivity index (χ1v) is 4.89. The van der Waals surface area contributed by atoms with E-state index in [1.54, 1.807) is 13.8 Å². The second-order valence-corrected chi connectivity index (χ2v) is 4.78. The lowest BCUT2D eigenvalue weighted by atomic mass is 9.65. The normalized spacial score (nSPS) is 29.4. The Morgan fingerprint density at radius 1 is 1.33 bits per heavy atom. The van der Waals surface area contributed by atoms with Crippen LogP contribution in [0.15, 0.2) is 11.6 Å². The van der Waals surface area contributed by atoms with Crippen molar-refractivity contribution in [3.8, 4) is 0 Å². The Bertz CT molecular complexity index is 327. The number of aliphatic carboxylic acids is 2. The molecule has 15 heavy (non-hydrogen) atoms. The van der Waals surface area contributed by atoms with E-state index in [2.05, 4.69) is 0 Å². The fourth-order valence-electron chi connectivity index (χ4n) is 2.49. The van der Waals surface area contributed by atoms with Gasteiger partial charge in [-0.25, -0.2) is 0 Å². The van der Waals surface area contributed by atoms with Crippen LogP contribution < -0.4 is 0 Å². The van der Waals surface area contributed by atoms with E-state index in [0.717, 1.165) is 5.57 Å². The van der Waals surface area contributed by atoms with Gasteiger partial charge in [0.05, 0.1) is 11.8 Å². The van der Waals surface area contributed by atoms with Gasteiger partial charge in [0.15, 0.2) is 0 Å². The number of allylic oxidation sites excluding steroid dienone is 2. The van der Waals surface area contributed by atoms with Gasteiger partial charge in [-0.05, 0) is 18.8 Å². The maximum atomic E-state index is 11.1. The van der Waals surface area contributed by atoms with E-state index in [0.29, 0.717) is 6.42 Å². The lowest BCUT2D eigenvalue weighted by Gasteiger charge is -2.37. The molecular formula is C11H16O4. The van der Waals surface area contributed by atoms with Gasteiger partial charge in [-0.3, -0.25) is 9.59 Å². The first kappa shape index (κ1) is 11.8. The minimum Gasteiger partial charge on any atom is -0.481 e. The maximum Gasteiger partial charge on any atom is 0.308 e. The quantitative estimate of drug-likeness (QED) is 0.684. The zero-order chi connectivity index (χ0) is 11.8. The van der Waals surface area contributed by atoms with Crippen LogP contribution in [0, 0.1) is 17.3 Å². The van der Waals surface area contributed by atoms with Crippen molar-refractivity contribution in [2.45, 2.75) is 27.2 Å². The van der Waals surface area contributed by atoms with Crippen molar-refractivity contribution in [2.75, 3.05) is 0 Å². The highest BCUT2D eigenvalue weighted by atomic mass is 16.4. The summed E-state index contributed by atoms with van der Waals surface area (Å²) >= 11 is 0. The molecule has 1 aliphatic carbocycles. The average molecular weight is 212 g/mol. The van der Waals surface area contributed by atoms with E-state index >= 15 is 0 Å². The Hall–Kier alpha value is -1.32. The highest BCUT2D eigenvalue weighted by Gasteiger charge is 2.45. The molecule has 4 heteroatoms. The Labute approximate surface area is 88.6 Å². The third kappa shape index (κ3) is 2.19. The minimum absolute atomic E-state index is 0.329. The molecule has 1 rings (SSSR count). The zero-order valence-electron chi connectivity index (χ0n) is 9.15. The predicted octanol–water partition coefficient (Wildman–Crippen LogP) is 1.76. The summed E-state index contributed by atoms with van der Waals surface area (Å²) in [5, 5.41) is 18.1. The van der Waals surface area contributed by atoms with Gasteiger partial charge in [-0.1, -0.05) is 25.5 Å². The van der Waals surface area contributed by atoms with Crippen molar-refractivity contribution in [3.63, 3.8) is 0 Å². The molecule has 0 saturated carbocycles. The van der Waals surface area contributed by atoms with Gasteiger partial charge in [-0.2, -0.15) is 0 Å². The molecule has 2 atom stereocenters. The summed E-state index contributed by atoms with van der Waals surface area (Å²) in [4.78, 5) is 22.1. The van der Waals surface area contributed by atoms with E-state index in [-0.39, 0.29) is 0 Å². The first-order chi connectivity index (χ1) is 6.75. The Balaban J connectivity index is 3.16. The fourth-order valence-corrected chi connectivity index (χ4v) is 2.49. The molecule has 84 valence electrons. The smallest absolute Gasteiger partial charge is 0.308 e. The van der Waals surface area contributed by atoms with E-state index in [4.69, 9.17) is 10.2 Å². The summed E-state index contributed by atoms with van der Waals surface area (Å²) in [6.45, 7) is 5.38. The molecule has 4 nitrogen and oxygen atoms in total. The molecule has 0 spiro atoms. The van der Waals surface area contributed by atoms with Gasteiger partial charge < -0.3 is 10.2 Å². The van der Waals surface area contributed by atoms with Crippen molar-refractivity contribution in [3.05, 3.63) is 11.6 Å². The van der Waals surface area contributed by atoms with Crippen LogP contribution in [0.25, 0.3) is 0 Å². The number of carboxylic acids is 2. The van der Waals surface area contributed by atoms with E-state index < -0.39 is 29.2 Å². The number of carboxylic acid groups (broad SMARTS) is 2. The number of rotatable bonds is 2. The topological polar surface area (TPSA) is 74.6 Å². The summed E-state index contributed by atoms with van der Waals surface area (Å²) in [6.07, 6.45) is 2.20. The van der Waals surface area contributed by atoms with Crippen LogP contribution in [0.4, 0.5) is 0 Å². The van der Waals surface area contributed by atoms with Crippen LogP contribution in [-0.2, 0) is 9.59 Å². The standard InChI is InChI=1S/C11H16O4/c1-6-4-7(9(12)13)8(10(14)15)11(2,3)5-6/h5,7-8H,4H2,1-3H3,(H,12,13)(H,14,15)/t7-,8-/m1/s1. The number of carbonyl (C=O) groups is 2. The molecule has 0 radical (unpaired) electrons. The molecule has 2 N–H and O–H groups in total. The second kappa shape index (κ2) is 3.68. The van der Waals surface area contributed by atoms with Gasteiger partial charge in [0.2, 0.25) is 0 Å². The Kier molecular flexibility index (Phi) is 2.88. The molecule has 1 aliphatic rings. The summed E-state index contributed by atoms with van der Waals surface area (Å²) in [5.74, 6) is -3.72. The van der Waals surface area contributed by atoms with Gasteiger partial charge in [0, 0.05) is 0 Å². The van der Waals surface area contributed by atoms with Crippen molar-refractivity contribution in [1.29, 1.82) is 0 Å². The molecular weight excluding hydrogens is 196 g/mol. The summed E-state index contributed by atoms with van der Waals surface area (Å²) in [5.41, 5.74) is 0.349. The third-order valence-electron chi connectivity index (χ3n) is 2.95. The van der Waals surface area contributed by atoms with Crippen LogP contribution in [-0.4, -0.2) is 22.2 Å². The first-order valence-electron chi connectivity index (χ1n) is 4.89. The van der Waals surface area contributed by atoms with Gasteiger partial charge in [-0.15, -0.1) is 0 Å². The maximum absolute atomic E-state index is 11.1. The van der Waals surface area contributed by atoms with Crippen LogP contribution in [0.5, 0.6) is 0 Å². The highest BCUT2D eigenvalue weighted by molar-refractivity contribution is 5.81. The van der Waals surface area contributed by atoms with Gasteiger partial charge in [0.25, 0.3) is 0 Å². The summed E-state index contributed by atoms with van der Waals surface area (Å²) in [7, 11) is 0. The van der Waals surface area contributed by atoms with Crippen molar-refractivity contribution in [1.82, 2.24) is 0 Å². The van der Waals surface area contributed by atoms with Crippen LogP contribution in [0.3, 0.4) is 0 Å². The predicted molar refractivity (Wildman–Crippen MR) is 54.4 cm³/mol. The highest BCUT2D eigenvalue weighted by Crippen LogP contribution is 2.42. The molecule has 0 aliphatic heterocycles. The van der Waals surface area contributed by atoms with E-state index in [9.17, 15) is 9.59 Å². The fraction of sp³-hybridized carbons (Fsp3) is 0.636. The second-order valence-electron chi connectivity index (χ2n) is 4.78. The molecule has 0 unspecified atom stereocenters. The van der Waals surface area contributed by atoms with Crippen LogP contribution in [0.1, 0.15) is 27.2 Å². The third-order valence-corrected chi connectivity index (χ3v) is 2.95. The molecule has 0 aromatic carbocycles. The monoisotopic (exact) mass is 212 g/mol. The van der Waals surface area contributed by atoms with Gasteiger partial charge in [0.1, 0.15) is 0 Å². The van der Waals surface area contributed by atoms with E-state index in [1.807, 2.05) is 13.0 Å². The molecule has 0 amide bonds. The largest absolute Gasteiger partial charge is 0.481 e. The molecule has 0 aromatic rings. The zero-order valence-corrected chi connectivity index (χ0v) is 9.15. The van der Waals surface area contributed by atoms with Gasteiger partial charge >= 0.3 is 11.9 Å². The Morgan fingerprint density at radius 2 is 1.87 bits per heavy atom. The average Bonchev–Trinajstić information content (AvgIpc) is 1.98. The Morgan fingerprint density at radius 3 is 2.27 bits per heavy atom. The lowest BCUT2D eigenvalue weighted by molar-refractivity contribution is -0.158. The van der Waals surface area contributed by atoms with Crippen molar-refractivity contribution in [2.24, 2.45) is 17.3 Å². The minimum atomic E-state index is -1.03. The summed E-state index contributed by atoms with van der Waals surface area (Å²) in [6, 6.07) is 0. The molecule has 0 saturated heterocycles. The van der Waals surface area contributed by atoms with E-state index in [1.165, 1.54) is 0 Å². The van der Waals surface area contributed by atoms with Crippen LogP contribution in [0.2, 0.25) is 0 Å².